The monoisotopic (exact) mass is 452 g/mol. The average Bonchev–Trinajstić information content (AvgIpc) is 2.16. The van der Waals surface area contributed by atoms with Gasteiger partial charge in [0.05, 0.1) is 6.10 Å². The van der Waals surface area contributed by atoms with Crippen molar-refractivity contribution >= 4 is 60.7 Å². The van der Waals surface area contributed by atoms with Crippen molar-refractivity contribution in [2.24, 2.45) is 0 Å². The van der Waals surface area contributed by atoms with Crippen LogP contribution in [-0.2, 0) is 9.53 Å². The number of halogens is 2. The summed E-state index contributed by atoms with van der Waals surface area (Å²) in [6.07, 6.45) is 4.68. The first kappa shape index (κ1) is 15.9. The van der Waals surface area contributed by atoms with Crippen molar-refractivity contribution in [1.82, 2.24) is 0 Å². The Morgan fingerprint density at radius 3 is 2.73 bits per heavy atom. The van der Waals surface area contributed by atoms with Gasteiger partial charge >= 0.3 is 5.97 Å². The van der Waals surface area contributed by atoms with Gasteiger partial charge < -0.3 is 4.74 Å². The maximum absolute atomic E-state index is 10.9. The van der Waals surface area contributed by atoms with Crippen molar-refractivity contribution < 1.29 is 9.53 Å². The molecule has 0 aliphatic carbocycles. The first-order valence-corrected chi connectivity index (χ1v) is 9.48. The van der Waals surface area contributed by atoms with Crippen molar-refractivity contribution in [3.05, 3.63) is 12.7 Å². The predicted molar refractivity (Wildman–Crippen MR) is 84.8 cm³/mol. The van der Waals surface area contributed by atoms with E-state index in [0.717, 1.165) is 7.98 Å². The molecule has 0 radical (unpaired) electrons. The highest BCUT2D eigenvalue weighted by molar-refractivity contribution is 14.2. The smallest absolute Gasteiger partial charge is 0.330 e. The van der Waals surface area contributed by atoms with E-state index in [4.69, 9.17) is 4.74 Å². The largest absolute Gasteiger partial charge is 0.460 e. The van der Waals surface area contributed by atoms with E-state index in [1.54, 1.807) is 0 Å². The molecule has 0 amide bonds. The van der Waals surface area contributed by atoms with Gasteiger partial charge in [-0.05, 0) is 13.3 Å². The van der Waals surface area contributed by atoms with Crippen LogP contribution >= 0.6 is 45.2 Å². The fourth-order valence-electron chi connectivity index (χ4n) is 1.21. The molecule has 0 fully saturated rings. The van der Waals surface area contributed by atoms with Crippen LogP contribution in [0, 0.1) is 0 Å². The lowest BCUT2D eigenvalue weighted by Gasteiger charge is -2.11. The van der Waals surface area contributed by atoms with E-state index in [0.29, 0.717) is 0 Å². The average molecular weight is 452 g/mol. The van der Waals surface area contributed by atoms with Crippen molar-refractivity contribution in [2.45, 2.75) is 39.9 Å². The zero-order valence-corrected chi connectivity index (χ0v) is 14.8. The van der Waals surface area contributed by atoms with Gasteiger partial charge in [-0.25, -0.2) is 4.79 Å². The Hall–Kier alpha value is 0.887. The molecule has 0 bridgehead atoms. The molecule has 0 rings (SSSR count). The summed E-state index contributed by atoms with van der Waals surface area (Å²) in [4.78, 5) is 10.9. The summed E-state index contributed by atoms with van der Waals surface area (Å²) in [6.45, 7) is 5.31. The zero-order chi connectivity index (χ0) is 11.7. The van der Waals surface area contributed by atoms with Crippen LogP contribution in [0.5, 0.6) is 0 Å². The van der Waals surface area contributed by atoms with Crippen molar-refractivity contribution in [3.8, 4) is 0 Å². The molecule has 1 unspecified atom stereocenters. The second-order valence-electron chi connectivity index (χ2n) is 3.48. The molecule has 0 aliphatic heterocycles. The van der Waals surface area contributed by atoms with Crippen LogP contribution < -0.4 is 0 Å². The molecule has 1 atom stereocenters. The number of esters is 1. The van der Waals surface area contributed by atoms with Gasteiger partial charge in [-0.15, -0.1) is 0 Å². The van der Waals surface area contributed by atoms with Crippen molar-refractivity contribution in [2.75, 3.05) is 0 Å². The van der Waals surface area contributed by atoms with E-state index >= 15 is 0 Å². The number of rotatable bonds is 8. The fraction of sp³-hybridized carbons (Fsp3) is 0.700. The third-order valence-corrected chi connectivity index (χ3v) is 7.10. The van der Waals surface area contributed by atoms with Gasteiger partial charge in [0.1, 0.15) is 0 Å². The molecule has 15 heavy (non-hydrogen) atoms. The second-order valence-corrected chi connectivity index (χ2v) is 14.3. The standard InChI is InChI=1S/C10H18I2O2Si/c1-3-9(13)14-8(2)6-4-5-7-15-10(11)12/h3,8,10H,1,4-7,15H2,2H3. The Balaban J connectivity index is 3.35. The molecule has 0 heterocycles. The summed E-state index contributed by atoms with van der Waals surface area (Å²) in [5.41, 5.74) is 0. The number of hydrogen-bond donors (Lipinski definition) is 0. The van der Waals surface area contributed by atoms with Crippen LogP contribution in [0.15, 0.2) is 12.7 Å². The SMILES string of the molecule is C=CC(=O)OC(C)CCCC[SiH2]C(I)I. The minimum atomic E-state index is -0.309. The summed E-state index contributed by atoms with van der Waals surface area (Å²) >= 11 is 4.99. The van der Waals surface area contributed by atoms with Gasteiger partial charge in [0.2, 0.25) is 0 Å². The summed E-state index contributed by atoms with van der Waals surface area (Å²) < 4.78 is 5.95. The molecule has 0 N–H and O–H groups in total. The van der Waals surface area contributed by atoms with Crippen molar-refractivity contribution in [3.63, 3.8) is 0 Å². The lowest BCUT2D eigenvalue weighted by molar-refractivity contribution is -0.142. The molecule has 2 nitrogen and oxygen atoms in total. The van der Waals surface area contributed by atoms with Crippen LogP contribution in [0.4, 0.5) is 0 Å². The first-order chi connectivity index (χ1) is 7.06. The van der Waals surface area contributed by atoms with Crippen LogP contribution in [0.1, 0.15) is 26.2 Å². The van der Waals surface area contributed by atoms with E-state index in [-0.39, 0.29) is 21.6 Å². The van der Waals surface area contributed by atoms with Gasteiger partial charge in [0.15, 0.2) is 0 Å². The molecule has 5 heteroatoms. The molecular formula is C10H18I2O2Si. The molecule has 0 spiro atoms. The van der Waals surface area contributed by atoms with E-state index in [1.807, 2.05) is 6.92 Å². The lowest BCUT2D eigenvalue weighted by atomic mass is 10.2. The predicted octanol–water partition coefficient (Wildman–Crippen LogP) is 3.02. The zero-order valence-electron chi connectivity index (χ0n) is 9.05. The first-order valence-electron chi connectivity index (χ1n) is 5.17. The normalized spacial score (nSPS) is 13.3. The number of unbranched alkanes of at least 4 members (excludes halogenated alkanes) is 1. The highest BCUT2D eigenvalue weighted by Gasteiger charge is 2.06. The van der Waals surface area contributed by atoms with Crippen LogP contribution in [0.2, 0.25) is 6.04 Å². The number of carbonyl (C=O) groups is 1. The number of carbonyl (C=O) groups excluding carboxylic acids is 1. The van der Waals surface area contributed by atoms with Gasteiger partial charge in [0, 0.05) is 17.2 Å². The molecule has 0 saturated carbocycles. The molecule has 0 aliphatic rings. The van der Waals surface area contributed by atoms with E-state index < -0.39 is 0 Å². The Morgan fingerprint density at radius 2 is 2.20 bits per heavy atom. The van der Waals surface area contributed by atoms with Crippen molar-refractivity contribution in [1.29, 1.82) is 0 Å². The van der Waals surface area contributed by atoms with E-state index in [9.17, 15) is 4.79 Å². The Kier molecular flexibility index (Phi) is 10.7. The van der Waals surface area contributed by atoms with E-state index in [2.05, 4.69) is 51.8 Å². The third-order valence-electron chi connectivity index (χ3n) is 2.02. The third kappa shape index (κ3) is 11.2. The highest BCUT2D eigenvalue weighted by atomic mass is 127. The van der Waals surface area contributed by atoms with Crippen LogP contribution in [0.3, 0.4) is 0 Å². The second kappa shape index (κ2) is 10.1. The minimum Gasteiger partial charge on any atom is -0.460 e. The summed E-state index contributed by atoms with van der Waals surface area (Å²) in [5, 5.41) is 0. The summed E-state index contributed by atoms with van der Waals surface area (Å²) in [6, 6.07) is 1.40. The topological polar surface area (TPSA) is 26.3 Å². The van der Waals surface area contributed by atoms with Gasteiger partial charge in [-0.3, -0.25) is 0 Å². The Morgan fingerprint density at radius 1 is 1.53 bits per heavy atom. The molecule has 0 aromatic carbocycles. The summed E-state index contributed by atoms with van der Waals surface area (Å²) in [5.74, 6) is -0.309. The summed E-state index contributed by atoms with van der Waals surface area (Å²) in [7, 11) is 0.124. The quantitative estimate of drug-likeness (QED) is 0.141. The molecule has 0 saturated heterocycles. The number of hydrogen-bond acceptors (Lipinski definition) is 2. The van der Waals surface area contributed by atoms with Crippen LogP contribution in [-0.4, -0.2) is 23.1 Å². The molecule has 88 valence electrons. The van der Waals surface area contributed by atoms with Crippen LogP contribution in [0.25, 0.3) is 0 Å². The Bertz CT molecular complexity index is 198. The Labute approximate surface area is 122 Å². The minimum absolute atomic E-state index is 0.0344. The maximum atomic E-state index is 10.9. The van der Waals surface area contributed by atoms with E-state index in [1.165, 1.54) is 25.0 Å². The van der Waals surface area contributed by atoms with Gasteiger partial charge in [-0.2, -0.15) is 0 Å². The fourth-order valence-corrected chi connectivity index (χ4v) is 4.81. The number of ether oxygens (including phenoxy) is 1. The molecule has 0 aromatic rings. The molecule has 0 aromatic heterocycles. The molecular weight excluding hydrogens is 434 g/mol. The van der Waals surface area contributed by atoms with Gasteiger partial charge in [0.25, 0.3) is 0 Å². The lowest BCUT2D eigenvalue weighted by Crippen LogP contribution is -2.12. The van der Waals surface area contributed by atoms with Gasteiger partial charge in [-0.1, -0.05) is 70.6 Å². The highest BCUT2D eigenvalue weighted by Crippen LogP contribution is 2.12. The number of alkyl halides is 2. The maximum Gasteiger partial charge on any atom is 0.330 e.